The lowest BCUT2D eigenvalue weighted by Crippen LogP contribution is -2.02. The van der Waals surface area contributed by atoms with E-state index in [1.165, 1.54) is 6.92 Å². The molecule has 0 saturated heterocycles. The predicted molar refractivity (Wildman–Crippen MR) is 42.6 cm³/mol. The summed E-state index contributed by atoms with van der Waals surface area (Å²) in [5, 5.41) is 7.32. The summed E-state index contributed by atoms with van der Waals surface area (Å²) >= 11 is 0. The summed E-state index contributed by atoms with van der Waals surface area (Å²) in [6.07, 6.45) is 4.33. The van der Waals surface area contributed by atoms with Gasteiger partial charge < -0.3 is 10.7 Å². The fourth-order valence-corrected chi connectivity index (χ4v) is 0.577. The van der Waals surface area contributed by atoms with Gasteiger partial charge in [-0.3, -0.25) is 0 Å². The number of nitrogens with zero attached hydrogens (tertiary/aromatic N) is 2. The number of aromatic amines is 1. The van der Waals surface area contributed by atoms with Gasteiger partial charge in [0.15, 0.2) is 0 Å². The quantitative estimate of drug-likeness (QED) is 0.645. The van der Waals surface area contributed by atoms with E-state index in [9.17, 15) is 0 Å². The Morgan fingerprint density at radius 1 is 1.82 bits per heavy atom. The lowest BCUT2D eigenvalue weighted by Gasteiger charge is -1.86. The standard InChI is InChI=1S/C5H9N3.C2H3N/c6-2-1-5-3-7-4-8-5;1-2-3/h3-4H,1-2,6H2,(H,7,8);1H3. The topological polar surface area (TPSA) is 78.5 Å². The molecule has 4 nitrogen and oxygen atoms in total. The van der Waals surface area contributed by atoms with Gasteiger partial charge in [0.25, 0.3) is 0 Å². The molecular formula is C7H12N4. The van der Waals surface area contributed by atoms with Crippen LogP contribution >= 0.6 is 0 Å². The zero-order valence-electron chi connectivity index (χ0n) is 6.54. The summed E-state index contributed by atoms with van der Waals surface area (Å²) in [6.45, 7) is 2.11. The number of imidazole rings is 1. The summed E-state index contributed by atoms with van der Waals surface area (Å²) in [5.41, 5.74) is 6.38. The highest BCUT2D eigenvalue weighted by atomic mass is 14.9. The van der Waals surface area contributed by atoms with Crippen molar-refractivity contribution in [2.24, 2.45) is 5.73 Å². The van der Waals surface area contributed by atoms with Gasteiger partial charge in [-0.2, -0.15) is 5.26 Å². The number of hydrogen-bond donors (Lipinski definition) is 2. The lowest BCUT2D eigenvalue weighted by atomic mass is 10.3. The van der Waals surface area contributed by atoms with Crippen molar-refractivity contribution in [2.45, 2.75) is 13.3 Å². The first-order chi connectivity index (χ1) is 5.35. The number of rotatable bonds is 2. The van der Waals surface area contributed by atoms with Crippen LogP contribution in [0.5, 0.6) is 0 Å². The third kappa shape index (κ3) is 5.12. The molecule has 0 unspecified atom stereocenters. The Balaban J connectivity index is 0.000000292. The van der Waals surface area contributed by atoms with Crippen molar-refractivity contribution in [3.8, 4) is 6.07 Å². The molecule has 1 rings (SSSR count). The van der Waals surface area contributed by atoms with E-state index in [1.54, 1.807) is 18.6 Å². The SMILES string of the molecule is CC#N.NCCc1cnc[nH]1. The first-order valence-corrected chi connectivity index (χ1v) is 3.33. The number of aromatic nitrogens is 2. The van der Waals surface area contributed by atoms with Crippen molar-refractivity contribution in [3.05, 3.63) is 18.2 Å². The summed E-state index contributed by atoms with van der Waals surface area (Å²) in [4.78, 5) is 6.78. The monoisotopic (exact) mass is 152 g/mol. The molecule has 0 spiro atoms. The number of nitrogens with one attached hydrogen (secondary N) is 1. The minimum absolute atomic E-state index is 0.683. The van der Waals surface area contributed by atoms with Crippen LogP contribution in [-0.4, -0.2) is 16.5 Å². The highest BCUT2D eigenvalue weighted by molar-refractivity contribution is 4.93. The Hall–Kier alpha value is -1.34. The second-order valence-electron chi connectivity index (χ2n) is 1.84. The minimum Gasteiger partial charge on any atom is -0.348 e. The van der Waals surface area contributed by atoms with Gasteiger partial charge in [0, 0.05) is 25.2 Å². The van der Waals surface area contributed by atoms with Gasteiger partial charge in [-0.15, -0.1) is 0 Å². The summed E-state index contributed by atoms with van der Waals surface area (Å²) in [5.74, 6) is 0. The van der Waals surface area contributed by atoms with Gasteiger partial charge in [0.2, 0.25) is 0 Å². The molecule has 0 amide bonds. The van der Waals surface area contributed by atoms with Crippen LogP contribution in [0, 0.1) is 11.3 Å². The molecule has 0 atom stereocenters. The van der Waals surface area contributed by atoms with E-state index in [0.29, 0.717) is 6.54 Å². The number of H-pyrrole nitrogens is 1. The zero-order chi connectivity index (χ0) is 8.53. The van der Waals surface area contributed by atoms with Gasteiger partial charge in [-0.1, -0.05) is 0 Å². The van der Waals surface area contributed by atoms with E-state index in [-0.39, 0.29) is 0 Å². The summed E-state index contributed by atoms with van der Waals surface area (Å²) in [6, 6.07) is 1.75. The Labute approximate surface area is 66.1 Å². The van der Waals surface area contributed by atoms with Gasteiger partial charge in [0.1, 0.15) is 0 Å². The molecule has 1 heterocycles. The number of nitriles is 1. The van der Waals surface area contributed by atoms with E-state index >= 15 is 0 Å². The van der Waals surface area contributed by atoms with Gasteiger partial charge in [-0.05, 0) is 6.54 Å². The highest BCUT2D eigenvalue weighted by Crippen LogP contribution is 1.88. The van der Waals surface area contributed by atoms with Crippen molar-refractivity contribution in [2.75, 3.05) is 6.54 Å². The molecule has 60 valence electrons. The average Bonchev–Trinajstić information content (AvgIpc) is 2.42. The van der Waals surface area contributed by atoms with Crippen molar-refractivity contribution in [3.63, 3.8) is 0 Å². The van der Waals surface area contributed by atoms with Crippen LogP contribution in [0.25, 0.3) is 0 Å². The maximum atomic E-state index is 7.32. The van der Waals surface area contributed by atoms with Crippen LogP contribution in [-0.2, 0) is 6.42 Å². The van der Waals surface area contributed by atoms with Crippen LogP contribution in [0.15, 0.2) is 12.5 Å². The fourth-order valence-electron chi connectivity index (χ4n) is 0.577. The van der Waals surface area contributed by atoms with Crippen molar-refractivity contribution >= 4 is 0 Å². The third-order valence-corrected chi connectivity index (χ3v) is 0.969. The Morgan fingerprint density at radius 3 is 2.82 bits per heavy atom. The largest absolute Gasteiger partial charge is 0.348 e. The molecule has 0 saturated carbocycles. The molecule has 0 aliphatic carbocycles. The molecule has 0 bridgehead atoms. The number of nitrogens with two attached hydrogens (primary N) is 1. The summed E-state index contributed by atoms with van der Waals surface area (Å²) < 4.78 is 0. The maximum Gasteiger partial charge on any atom is 0.0921 e. The van der Waals surface area contributed by atoms with Crippen molar-refractivity contribution in [1.82, 2.24) is 9.97 Å². The molecule has 0 radical (unpaired) electrons. The van der Waals surface area contributed by atoms with E-state index in [2.05, 4.69) is 9.97 Å². The van der Waals surface area contributed by atoms with Gasteiger partial charge in [-0.25, -0.2) is 4.98 Å². The van der Waals surface area contributed by atoms with E-state index in [0.717, 1.165) is 12.1 Å². The first-order valence-electron chi connectivity index (χ1n) is 3.33. The minimum atomic E-state index is 0.683. The van der Waals surface area contributed by atoms with E-state index in [4.69, 9.17) is 11.0 Å². The molecular weight excluding hydrogens is 140 g/mol. The second-order valence-corrected chi connectivity index (χ2v) is 1.84. The first kappa shape index (κ1) is 9.66. The summed E-state index contributed by atoms with van der Waals surface area (Å²) in [7, 11) is 0. The molecule has 1 aromatic rings. The van der Waals surface area contributed by atoms with Crippen LogP contribution < -0.4 is 5.73 Å². The predicted octanol–water partition coefficient (Wildman–Crippen LogP) is 0.441. The maximum absolute atomic E-state index is 7.32. The fraction of sp³-hybridized carbons (Fsp3) is 0.429. The third-order valence-electron chi connectivity index (χ3n) is 0.969. The zero-order valence-corrected chi connectivity index (χ0v) is 6.54. The highest BCUT2D eigenvalue weighted by Gasteiger charge is 1.86. The molecule has 3 N–H and O–H groups in total. The van der Waals surface area contributed by atoms with E-state index in [1.807, 2.05) is 0 Å². The molecule has 0 aromatic carbocycles. The average molecular weight is 152 g/mol. The van der Waals surface area contributed by atoms with Crippen molar-refractivity contribution < 1.29 is 0 Å². The van der Waals surface area contributed by atoms with Crippen LogP contribution in [0.2, 0.25) is 0 Å². The smallest absolute Gasteiger partial charge is 0.0921 e. The normalized spacial score (nSPS) is 7.73. The molecule has 0 aliphatic rings. The molecule has 1 aromatic heterocycles. The van der Waals surface area contributed by atoms with Crippen LogP contribution in [0.4, 0.5) is 0 Å². The van der Waals surface area contributed by atoms with Gasteiger partial charge in [0.05, 0.1) is 12.4 Å². The Bertz CT molecular complexity index is 197. The lowest BCUT2D eigenvalue weighted by molar-refractivity contribution is 0.935. The molecule has 11 heavy (non-hydrogen) atoms. The second kappa shape index (κ2) is 6.78. The molecule has 0 fully saturated rings. The van der Waals surface area contributed by atoms with Crippen molar-refractivity contribution in [1.29, 1.82) is 5.26 Å². The molecule has 0 aliphatic heterocycles. The van der Waals surface area contributed by atoms with Gasteiger partial charge >= 0.3 is 0 Å². The Morgan fingerprint density at radius 2 is 2.45 bits per heavy atom. The van der Waals surface area contributed by atoms with Crippen LogP contribution in [0.3, 0.4) is 0 Å². The van der Waals surface area contributed by atoms with E-state index < -0.39 is 0 Å². The Kier molecular flexibility index (Phi) is 5.95. The number of hydrogen-bond acceptors (Lipinski definition) is 3. The molecule has 4 heteroatoms. The van der Waals surface area contributed by atoms with Crippen LogP contribution in [0.1, 0.15) is 12.6 Å².